The van der Waals surface area contributed by atoms with Gasteiger partial charge in [0.15, 0.2) is 0 Å². The fourth-order valence-corrected chi connectivity index (χ4v) is 2.47. The van der Waals surface area contributed by atoms with Gasteiger partial charge < -0.3 is 10.1 Å². The number of amides is 1. The Kier molecular flexibility index (Phi) is 7.07. The lowest BCUT2D eigenvalue weighted by atomic mass is 10.1. The van der Waals surface area contributed by atoms with Crippen molar-refractivity contribution in [2.24, 2.45) is 0 Å². The number of rotatable bonds is 8. The Labute approximate surface area is 146 Å². The molecule has 2 rings (SSSR count). The summed E-state index contributed by atoms with van der Waals surface area (Å²) in [5.74, 6) is -0.160. The van der Waals surface area contributed by atoms with E-state index in [2.05, 4.69) is 12.2 Å². The molecule has 0 aromatic heterocycles. The zero-order valence-electron chi connectivity index (χ0n) is 13.6. The van der Waals surface area contributed by atoms with Gasteiger partial charge in [-0.15, -0.1) is 0 Å². The van der Waals surface area contributed by atoms with Crippen LogP contribution in [0.5, 0.6) is 5.75 Å². The van der Waals surface area contributed by atoms with E-state index in [0.29, 0.717) is 13.2 Å². The van der Waals surface area contributed by atoms with Gasteiger partial charge in [0.1, 0.15) is 11.6 Å². The Bertz CT molecular complexity index is 691. The van der Waals surface area contributed by atoms with Gasteiger partial charge in [0.05, 0.1) is 12.2 Å². The third kappa shape index (κ3) is 5.24. The van der Waals surface area contributed by atoms with E-state index in [1.165, 1.54) is 12.1 Å². The monoisotopic (exact) mass is 349 g/mol. The number of nitrogens with one attached hydrogen (secondary N) is 1. The van der Waals surface area contributed by atoms with Crippen molar-refractivity contribution in [2.75, 3.05) is 13.2 Å². The van der Waals surface area contributed by atoms with Gasteiger partial charge >= 0.3 is 0 Å². The third-order valence-corrected chi connectivity index (χ3v) is 3.75. The van der Waals surface area contributed by atoms with Gasteiger partial charge in [-0.3, -0.25) is 4.79 Å². The average molecular weight is 350 g/mol. The second-order valence-electron chi connectivity index (χ2n) is 5.44. The second-order valence-corrected chi connectivity index (χ2v) is 5.88. The van der Waals surface area contributed by atoms with E-state index in [1.54, 1.807) is 0 Å². The summed E-state index contributed by atoms with van der Waals surface area (Å²) >= 11 is 5.68. The fourth-order valence-electron chi connectivity index (χ4n) is 2.31. The number of aryl methyl sites for hydroxylation is 1. The van der Waals surface area contributed by atoms with Crippen molar-refractivity contribution < 1.29 is 13.9 Å². The Morgan fingerprint density at radius 3 is 2.79 bits per heavy atom. The highest BCUT2D eigenvalue weighted by Crippen LogP contribution is 2.19. The predicted octanol–water partition coefficient (Wildman–Crippen LogP) is 4.63. The number of benzene rings is 2. The van der Waals surface area contributed by atoms with Crippen molar-refractivity contribution in [2.45, 2.75) is 26.2 Å². The molecule has 2 aromatic rings. The molecule has 3 nitrogen and oxygen atoms in total. The topological polar surface area (TPSA) is 38.3 Å². The first kappa shape index (κ1) is 18.3. The smallest absolute Gasteiger partial charge is 0.254 e. The van der Waals surface area contributed by atoms with Crippen LogP contribution in [0.4, 0.5) is 4.39 Å². The van der Waals surface area contributed by atoms with E-state index >= 15 is 0 Å². The normalized spacial score (nSPS) is 10.5. The van der Waals surface area contributed by atoms with Crippen LogP contribution in [-0.2, 0) is 6.42 Å². The van der Waals surface area contributed by atoms with Crippen LogP contribution < -0.4 is 10.1 Å². The Morgan fingerprint density at radius 1 is 1.25 bits per heavy atom. The first-order chi connectivity index (χ1) is 11.6. The molecular weight excluding hydrogens is 329 g/mol. The first-order valence-electron chi connectivity index (χ1n) is 8.05. The Hall–Kier alpha value is -2.07. The van der Waals surface area contributed by atoms with Crippen molar-refractivity contribution >= 4 is 17.5 Å². The fraction of sp³-hybridized carbons (Fsp3) is 0.316. The van der Waals surface area contributed by atoms with E-state index < -0.39 is 11.7 Å². The summed E-state index contributed by atoms with van der Waals surface area (Å²) in [5.41, 5.74) is 1.11. The zero-order chi connectivity index (χ0) is 17.4. The Morgan fingerprint density at radius 2 is 2.04 bits per heavy atom. The standard InChI is InChI=1S/C19H21ClFNO2/c1-2-12-24-18-8-4-3-6-14(18)7-5-11-22-19(23)16-10-9-15(20)13-17(16)21/h3-4,6,8-10,13H,2,5,7,11-12H2,1H3,(H,22,23). The average Bonchev–Trinajstić information content (AvgIpc) is 2.57. The maximum atomic E-state index is 13.7. The summed E-state index contributed by atoms with van der Waals surface area (Å²) in [7, 11) is 0. The van der Waals surface area contributed by atoms with E-state index in [1.807, 2.05) is 24.3 Å². The number of hydrogen-bond donors (Lipinski definition) is 1. The number of ether oxygens (including phenoxy) is 1. The second kappa shape index (κ2) is 9.28. The molecule has 0 spiro atoms. The van der Waals surface area contributed by atoms with Gasteiger partial charge in [-0.1, -0.05) is 36.7 Å². The minimum atomic E-state index is -0.613. The molecule has 2 aromatic carbocycles. The molecule has 1 amide bonds. The molecule has 0 aliphatic heterocycles. The van der Waals surface area contributed by atoms with E-state index in [0.717, 1.165) is 36.6 Å². The minimum Gasteiger partial charge on any atom is -0.493 e. The molecule has 0 unspecified atom stereocenters. The van der Waals surface area contributed by atoms with Gasteiger partial charge in [0, 0.05) is 11.6 Å². The third-order valence-electron chi connectivity index (χ3n) is 3.52. The van der Waals surface area contributed by atoms with Crippen molar-refractivity contribution in [3.63, 3.8) is 0 Å². The van der Waals surface area contributed by atoms with Crippen LogP contribution in [0.2, 0.25) is 5.02 Å². The molecule has 0 saturated carbocycles. The number of hydrogen-bond acceptors (Lipinski definition) is 2. The van der Waals surface area contributed by atoms with Crippen LogP contribution in [-0.4, -0.2) is 19.1 Å². The number of carbonyl (C=O) groups is 1. The van der Waals surface area contributed by atoms with Gasteiger partial charge in [0.2, 0.25) is 0 Å². The largest absolute Gasteiger partial charge is 0.493 e. The zero-order valence-corrected chi connectivity index (χ0v) is 14.4. The minimum absolute atomic E-state index is 0.00563. The molecule has 0 aliphatic rings. The summed E-state index contributed by atoms with van der Waals surface area (Å²) in [5, 5.41) is 3.00. The molecule has 0 atom stereocenters. The highest BCUT2D eigenvalue weighted by Gasteiger charge is 2.11. The maximum Gasteiger partial charge on any atom is 0.254 e. The van der Waals surface area contributed by atoms with Crippen LogP contribution in [0.1, 0.15) is 35.7 Å². The molecule has 1 N–H and O–H groups in total. The maximum absolute atomic E-state index is 13.7. The van der Waals surface area contributed by atoms with Gasteiger partial charge in [-0.25, -0.2) is 4.39 Å². The van der Waals surface area contributed by atoms with Crippen molar-refractivity contribution in [1.29, 1.82) is 0 Å². The van der Waals surface area contributed by atoms with Crippen LogP contribution in [0.15, 0.2) is 42.5 Å². The molecule has 0 fully saturated rings. The SMILES string of the molecule is CCCOc1ccccc1CCCNC(=O)c1ccc(Cl)cc1F. The molecule has 0 heterocycles. The van der Waals surface area contributed by atoms with Gasteiger partial charge in [0.25, 0.3) is 5.91 Å². The van der Waals surface area contributed by atoms with Crippen molar-refractivity contribution in [1.82, 2.24) is 5.32 Å². The highest BCUT2D eigenvalue weighted by molar-refractivity contribution is 6.30. The summed E-state index contributed by atoms with van der Waals surface area (Å²) in [6.07, 6.45) is 2.48. The molecule has 24 heavy (non-hydrogen) atoms. The quantitative estimate of drug-likeness (QED) is 0.705. The van der Waals surface area contributed by atoms with E-state index in [4.69, 9.17) is 16.3 Å². The van der Waals surface area contributed by atoms with Gasteiger partial charge in [-0.05, 0) is 49.1 Å². The molecular formula is C19H21ClFNO2. The molecule has 0 saturated heterocycles. The Balaban J connectivity index is 1.83. The molecule has 0 radical (unpaired) electrons. The number of carbonyl (C=O) groups excluding carboxylic acids is 1. The lowest BCUT2D eigenvalue weighted by Gasteiger charge is -2.11. The summed E-state index contributed by atoms with van der Waals surface area (Å²) in [4.78, 5) is 12.0. The summed E-state index contributed by atoms with van der Waals surface area (Å²) in [6.45, 7) is 3.21. The van der Waals surface area contributed by atoms with Gasteiger partial charge in [-0.2, -0.15) is 0 Å². The first-order valence-corrected chi connectivity index (χ1v) is 8.43. The number of halogens is 2. The number of para-hydroxylation sites is 1. The lowest BCUT2D eigenvalue weighted by Crippen LogP contribution is -2.25. The van der Waals surface area contributed by atoms with Crippen LogP contribution in [0.3, 0.4) is 0 Å². The molecule has 0 aliphatic carbocycles. The van der Waals surface area contributed by atoms with E-state index in [9.17, 15) is 9.18 Å². The predicted molar refractivity (Wildman–Crippen MR) is 94.3 cm³/mol. The summed E-state index contributed by atoms with van der Waals surface area (Å²) in [6, 6.07) is 11.9. The van der Waals surface area contributed by atoms with Crippen LogP contribution >= 0.6 is 11.6 Å². The molecule has 128 valence electrons. The lowest BCUT2D eigenvalue weighted by molar-refractivity contribution is 0.0949. The van der Waals surface area contributed by atoms with Crippen LogP contribution in [0, 0.1) is 5.82 Å². The van der Waals surface area contributed by atoms with Crippen LogP contribution in [0.25, 0.3) is 0 Å². The van der Waals surface area contributed by atoms with Crippen molar-refractivity contribution in [3.05, 3.63) is 64.4 Å². The van der Waals surface area contributed by atoms with E-state index in [-0.39, 0.29) is 10.6 Å². The molecule has 5 heteroatoms. The summed E-state index contributed by atoms with van der Waals surface area (Å²) < 4.78 is 19.4. The molecule has 0 bridgehead atoms. The van der Waals surface area contributed by atoms with Crippen molar-refractivity contribution in [3.8, 4) is 5.75 Å². The highest BCUT2D eigenvalue weighted by atomic mass is 35.5.